The number of amides is 1. The Morgan fingerprint density at radius 3 is 2.12 bits per heavy atom. The van der Waals surface area contributed by atoms with Gasteiger partial charge >= 0.3 is 0 Å². The first-order valence-electron chi connectivity index (χ1n) is 6.34. The van der Waals surface area contributed by atoms with Crippen LogP contribution in [0.1, 0.15) is 53.4 Å². The lowest BCUT2D eigenvalue weighted by atomic mass is 9.76. The van der Waals surface area contributed by atoms with Crippen LogP contribution in [0.2, 0.25) is 0 Å². The molecule has 3 nitrogen and oxygen atoms in total. The van der Waals surface area contributed by atoms with Crippen molar-refractivity contribution in [3.63, 3.8) is 0 Å². The van der Waals surface area contributed by atoms with Crippen LogP contribution in [0.25, 0.3) is 0 Å². The van der Waals surface area contributed by atoms with E-state index in [1.54, 1.807) is 13.8 Å². The van der Waals surface area contributed by atoms with Crippen LogP contribution >= 0.6 is 0 Å². The highest BCUT2D eigenvalue weighted by molar-refractivity contribution is 5.79. The van der Waals surface area contributed by atoms with E-state index in [1.165, 1.54) is 0 Å². The molecule has 0 heterocycles. The van der Waals surface area contributed by atoms with Crippen LogP contribution < -0.4 is 5.32 Å². The van der Waals surface area contributed by atoms with E-state index < -0.39 is 5.72 Å². The highest BCUT2D eigenvalue weighted by Gasteiger charge is 2.29. The second-order valence-corrected chi connectivity index (χ2v) is 5.90. The average molecular weight is 227 g/mol. The maximum absolute atomic E-state index is 11.8. The molecule has 1 amide bonds. The summed E-state index contributed by atoms with van der Waals surface area (Å²) in [6.07, 6.45) is 4.21. The fraction of sp³-hybridized carbons (Fsp3) is 0.923. The van der Waals surface area contributed by atoms with E-state index in [1.807, 2.05) is 0 Å². The standard InChI is InChI=1S/C13H25NO2/c1-9(2)10-5-7-11(8-6-10)12(15)14-13(3,4)16/h9-11,16H,5-8H2,1-4H3,(H,14,15). The van der Waals surface area contributed by atoms with Crippen molar-refractivity contribution >= 4 is 5.91 Å². The third kappa shape index (κ3) is 4.12. The molecule has 3 heteroatoms. The van der Waals surface area contributed by atoms with Gasteiger partial charge in [-0.1, -0.05) is 13.8 Å². The Hall–Kier alpha value is -0.570. The number of hydrogen-bond donors (Lipinski definition) is 2. The van der Waals surface area contributed by atoms with Gasteiger partial charge in [0.2, 0.25) is 5.91 Å². The molecule has 1 aliphatic rings. The van der Waals surface area contributed by atoms with E-state index in [2.05, 4.69) is 19.2 Å². The van der Waals surface area contributed by atoms with Crippen molar-refractivity contribution in [3.8, 4) is 0 Å². The van der Waals surface area contributed by atoms with E-state index in [0.717, 1.165) is 37.5 Å². The summed E-state index contributed by atoms with van der Waals surface area (Å²) >= 11 is 0. The van der Waals surface area contributed by atoms with Crippen molar-refractivity contribution in [2.24, 2.45) is 17.8 Å². The topological polar surface area (TPSA) is 49.3 Å². The molecule has 0 spiro atoms. The second-order valence-electron chi connectivity index (χ2n) is 5.90. The van der Waals surface area contributed by atoms with Crippen molar-refractivity contribution in [1.29, 1.82) is 0 Å². The van der Waals surface area contributed by atoms with Crippen LogP contribution in [-0.4, -0.2) is 16.7 Å². The van der Waals surface area contributed by atoms with Crippen molar-refractivity contribution in [2.75, 3.05) is 0 Å². The first-order valence-corrected chi connectivity index (χ1v) is 6.34. The molecule has 0 aliphatic heterocycles. The van der Waals surface area contributed by atoms with Crippen molar-refractivity contribution in [2.45, 2.75) is 59.1 Å². The van der Waals surface area contributed by atoms with Crippen molar-refractivity contribution < 1.29 is 9.90 Å². The van der Waals surface area contributed by atoms with Gasteiger partial charge in [0.1, 0.15) is 5.72 Å². The van der Waals surface area contributed by atoms with Crippen LogP contribution in [0.3, 0.4) is 0 Å². The van der Waals surface area contributed by atoms with Gasteiger partial charge in [0, 0.05) is 5.92 Å². The van der Waals surface area contributed by atoms with Gasteiger partial charge in [-0.05, 0) is 51.4 Å². The summed E-state index contributed by atoms with van der Waals surface area (Å²) in [5, 5.41) is 12.2. The molecule has 0 aromatic heterocycles. The molecular formula is C13H25NO2. The molecule has 94 valence electrons. The molecule has 0 aromatic carbocycles. The first-order chi connectivity index (χ1) is 7.29. The van der Waals surface area contributed by atoms with Gasteiger partial charge in [0.25, 0.3) is 0 Å². The van der Waals surface area contributed by atoms with Crippen molar-refractivity contribution in [1.82, 2.24) is 5.32 Å². The highest BCUT2D eigenvalue weighted by atomic mass is 16.3. The van der Waals surface area contributed by atoms with Crippen LogP contribution in [-0.2, 0) is 4.79 Å². The van der Waals surface area contributed by atoms with E-state index in [-0.39, 0.29) is 11.8 Å². The molecule has 16 heavy (non-hydrogen) atoms. The molecule has 1 rings (SSSR count). The van der Waals surface area contributed by atoms with Gasteiger partial charge in [-0.3, -0.25) is 4.79 Å². The summed E-state index contributed by atoms with van der Waals surface area (Å²) in [6, 6.07) is 0. The molecule has 1 aliphatic carbocycles. The third-order valence-electron chi connectivity index (χ3n) is 3.51. The minimum atomic E-state index is -1.09. The summed E-state index contributed by atoms with van der Waals surface area (Å²) in [7, 11) is 0. The molecule has 2 N–H and O–H groups in total. The zero-order valence-electron chi connectivity index (χ0n) is 10.9. The third-order valence-corrected chi connectivity index (χ3v) is 3.51. The fourth-order valence-corrected chi connectivity index (χ4v) is 2.45. The maximum Gasteiger partial charge on any atom is 0.225 e. The number of carbonyl (C=O) groups excluding carboxylic acids is 1. The summed E-state index contributed by atoms with van der Waals surface area (Å²) in [5.41, 5.74) is -1.09. The molecule has 0 bridgehead atoms. The quantitative estimate of drug-likeness (QED) is 0.727. The van der Waals surface area contributed by atoms with Gasteiger partial charge in [-0.15, -0.1) is 0 Å². The first kappa shape index (κ1) is 13.5. The molecular weight excluding hydrogens is 202 g/mol. The Balaban J connectivity index is 2.39. The monoisotopic (exact) mass is 227 g/mol. The number of nitrogens with one attached hydrogen (secondary N) is 1. The largest absolute Gasteiger partial charge is 0.372 e. The van der Waals surface area contributed by atoms with E-state index in [9.17, 15) is 9.90 Å². The number of carbonyl (C=O) groups is 1. The molecule has 0 aromatic rings. The smallest absolute Gasteiger partial charge is 0.225 e. The Kier molecular flexibility index (Phi) is 4.36. The average Bonchev–Trinajstić information content (AvgIpc) is 2.15. The zero-order chi connectivity index (χ0) is 12.3. The SMILES string of the molecule is CC(C)C1CCC(C(=O)NC(C)(C)O)CC1. The highest BCUT2D eigenvalue weighted by Crippen LogP contribution is 2.33. The van der Waals surface area contributed by atoms with E-state index in [0.29, 0.717) is 0 Å². The summed E-state index contributed by atoms with van der Waals surface area (Å²) in [4.78, 5) is 11.8. The fourth-order valence-electron chi connectivity index (χ4n) is 2.45. The minimum absolute atomic E-state index is 0.00899. The van der Waals surface area contributed by atoms with Crippen LogP contribution in [0, 0.1) is 17.8 Å². The molecule has 0 unspecified atom stereocenters. The summed E-state index contributed by atoms with van der Waals surface area (Å²) in [5.74, 6) is 1.60. The van der Waals surface area contributed by atoms with Gasteiger partial charge in [0.15, 0.2) is 0 Å². The molecule has 0 saturated heterocycles. The molecule has 0 radical (unpaired) electrons. The number of hydrogen-bond acceptors (Lipinski definition) is 2. The summed E-state index contributed by atoms with van der Waals surface area (Å²) < 4.78 is 0. The van der Waals surface area contributed by atoms with Crippen LogP contribution in [0.4, 0.5) is 0 Å². The number of rotatable bonds is 3. The lowest BCUT2D eigenvalue weighted by molar-refractivity contribution is -0.132. The molecule has 1 saturated carbocycles. The Bertz CT molecular complexity index is 235. The van der Waals surface area contributed by atoms with E-state index in [4.69, 9.17) is 0 Å². The predicted octanol–water partition coefficient (Wildman–Crippen LogP) is 2.29. The minimum Gasteiger partial charge on any atom is -0.372 e. The molecule has 1 fully saturated rings. The predicted molar refractivity (Wildman–Crippen MR) is 64.7 cm³/mol. The lowest BCUT2D eigenvalue weighted by Gasteiger charge is -2.31. The van der Waals surface area contributed by atoms with Gasteiger partial charge < -0.3 is 10.4 Å². The maximum atomic E-state index is 11.8. The van der Waals surface area contributed by atoms with Gasteiger partial charge in [-0.2, -0.15) is 0 Å². The zero-order valence-corrected chi connectivity index (χ0v) is 10.9. The lowest BCUT2D eigenvalue weighted by Crippen LogP contribution is -2.46. The van der Waals surface area contributed by atoms with Gasteiger partial charge in [-0.25, -0.2) is 0 Å². The van der Waals surface area contributed by atoms with Crippen molar-refractivity contribution in [3.05, 3.63) is 0 Å². The Morgan fingerprint density at radius 2 is 1.75 bits per heavy atom. The van der Waals surface area contributed by atoms with Crippen LogP contribution in [0.5, 0.6) is 0 Å². The van der Waals surface area contributed by atoms with Gasteiger partial charge in [0.05, 0.1) is 0 Å². The van der Waals surface area contributed by atoms with E-state index >= 15 is 0 Å². The van der Waals surface area contributed by atoms with Crippen LogP contribution in [0.15, 0.2) is 0 Å². The number of aliphatic hydroxyl groups is 1. The second kappa shape index (κ2) is 5.17. The summed E-state index contributed by atoms with van der Waals surface area (Å²) in [6.45, 7) is 7.71. The normalized spacial score (nSPS) is 26.9. The molecule has 0 atom stereocenters. The Labute approximate surface area is 98.6 Å². The Morgan fingerprint density at radius 1 is 1.25 bits per heavy atom.